The minimum atomic E-state index is -1.08. The van der Waals surface area contributed by atoms with E-state index < -0.39 is 12.6 Å². The van der Waals surface area contributed by atoms with Crippen molar-refractivity contribution < 1.29 is 24.1 Å². The molecule has 3 N–H and O–H groups in total. The molecule has 1 aliphatic rings. The molecule has 3 aromatic rings. The summed E-state index contributed by atoms with van der Waals surface area (Å²) in [5.74, 6) is 0.665. The number of aliphatic carboxylic acids is 1. The molecule has 1 fully saturated rings. The fraction of sp³-hybridized carbons (Fsp3) is 0.292. The molecule has 0 aliphatic carbocycles. The molecule has 0 amide bonds. The smallest absolute Gasteiger partial charge is 0.341 e. The van der Waals surface area contributed by atoms with E-state index in [0.29, 0.717) is 60.3 Å². The van der Waals surface area contributed by atoms with Crippen LogP contribution in [-0.2, 0) is 9.53 Å². The van der Waals surface area contributed by atoms with Crippen molar-refractivity contribution in [3.8, 4) is 11.5 Å². The van der Waals surface area contributed by atoms with Gasteiger partial charge in [-0.25, -0.2) is 10.2 Å². The Labute approximate surface area is 218 Å². The van der Waals surface area contributed by atoms with Crippen LogP contribution in [-0.4, -0.2) is 72.3 Å². The summed E-state index contributed by atoms with van der Waals surface area (Å²) in [7, 11) is 1.47. The lowest BCUT2D eigenvalue weighted by Crippen LogP contribution is -2.37. The van der Waals surface area contributed by atoms with Crippen LogP contribution in [0.5, 0.6) is 11.5 Å². The fourth-order valence-electron chi connectivity index (χ4n) is 3.36. The summed E-state index contributed by atoms with van der Waals surface area (Å²) < 4.78 is 16.0. The van der Waals surface area contributed by atoms with E-state index in [1.165, 1.54) is 7.11 Å². The number of ether oxygens (including phenoxy) is 3. The van der Waals surface area contributed by atoms with E-state index in [-0.39, 0.29) is 5.95 Å². The number of rotatable bonds is 10. The third kappa shape index (κ3) is 7.18. The number of aromatic nitrogens is 3. The standard InChI is InChI=1S/C24H26ClN7O5/c1-15-3-5-17(12-18(15)25)27-22-28-23(30-24(29-22)32-7-9-36-10-8-32)31-26-13-16-4-6-19(20(11-16)35-2)37-14-21(33)34/h3-6,11-13H,7-10,14H2,1-2H3,(H,33,34)(H2,27,28,29,30,31)/b26-13-. The number of hydrazone groups is 1. The van der Waals surface area contributed by atoms with Crippen molar-refractivity contribution in [3.05, 3.63) is 52.5 Å². The molecule has 37 heavy (non-hydrogen) atoms. The number of benzene rings is 2. The molecule has 1 aliphatic heterocycles. The summed E-state index contributed by atoms with van der Waals surface area (Å²) in [6.07, 6.45) is 1.55. The van der Waals surface area contributed by atoms with Crippen molar-refractivity contribution >= 4 is 47.3 Å². The topological polar surface area (TPSA) is 143 Å². The number of morpholine rings is 1. The molecule has 12 nitrogen and oxygen atoms in total. The first-order chi connectivity index (χ1) is 17.9. The Balaban J connectivity index is 1.53. The molecule has 1 saturated heterocycles. The van der Waals surface area contributed by atoms with Gasteiger partial charge in [-0.3, -0.25) is 0 Å². The molecule has 2 aromatic carbocycles. The van der Waals surface area contributed by atoms with E-state index in [1.807, 2.05) is 24.0 Å². The van der Waals surface area contributed by atoms with Gasteiger partial charge in [0.05, 0.1) is 26.5 Å². The number of hydrogen-bond donors (Lipinski definition) is 3. The van der Waals surface area contributed by atoms with Gasteiger partial charge in [-0.15, -0.1) is 0 Å². The summed E-state index contributed by atoms with van der Waals surface area (Å²) in [4.78, 5) is 26.3. The maximum atomic E-state index is 10.8. The molecule has 0 unspecified atom stereocenters. The second-order valence-electron chi connectivity index (χ2n) is 7.93. The molecule has 0 spiro atoms. The average molecular weight is 528 g/mol. The predicted octanol–water partition coefficient (Wildman–Crippen LogP) is 3.33. The Kier molecular flexibility index (Phi) is 8.54. The lowest BCUT2D eigenvalue weighted by Gasteiger charge is -2.27. The van der Waals surface area contributed by atoms with Gasteiger partial charge >= 0.3 is 5.97 Å². The Morgan fingerprint density at radius 2 is 1.95 bits per heavy atom. The number of carboxylic acids is 1. The van der Waals surface area contributed by atoms with Crippen molar-refractivity contribution in [1.82, 2.24) is 15.0 Å². The molecule has 0 radical (unpaired) electrons. The van der Waals surface area contributed by atoms with Gasteiger partial charge < -0.3 is 29.5 Å². The monoisotopic (exact) mass is 527 g/mol. The van der Waals surface area contributed by atoms with Crippen LogP contribution in [0.2, 0.25) is 5.02 Å². The maximum Gasteiger partial charge on any atom is 0.341 e. The van der Waals surface area contributed by atoms with E-state index in [4.69, 9.17) is 30.9 Å². The van der Waals surface area contributed by atoms with Crippen molar-refractivity contribution in [2.45, 2.75) is 6.92 Å². The van der Waals surface area contributed by atoms with Crippen LogP contribution in [0.25, 0.3) is 0 Å². The summed E-state index contributed by atoms with van der Waals surface area (Å²) in [5.41, 5.74) is 5.23. The molecule has 13 heteroatoms. The minimum absolute atomic E-state index is 0.238. The zero-order valence-electron chi connectivity index (χ0n) is 20.3. The normalized spacial score (nSPS) is 13.4. The molecule has 194 valence electrons. The van der Waals surface area contributed by atoms with E-state index in [2.05, 4.69) is 30.8 Å². The molecule has 0 saturated carbocycles. The van der Waals surface area contributed by atoms with Crippen LogP contribution in [0.15, 0.2) is 41.5 Å². The highest BCUT2D eigenvalue weighted by Gasteiger charge is 2.17. The molecule has 1 aromatic heterocycles. The Bertz CT molecular complexity index is 1280. The van der Waals surface area contributed by atoms with Crippen LogP contribution >= 0.6 is 11.6 Å². The largest absolute Gasteiger partial charge is 0.493 e. The highest BCUT2D eigenvalue weighted by atomic mass is 35.5. The average Bonchev–Trinajstić information content (AvgIpc) is 2.90. The summed E-state index contributed by atoms with van der Waals surface area (Å²) in [5, 5.41) is 16.9. The van der Waals surface area contributed by atoms with Gasteiger partial charge in [0.2, 0.25) is 17.8 Å². The number of anilines is 4. The van der Waals surface area contributed by atoms with Crippen LogP contribution < -0.4 is 25.1 Å². The molecular formula is C24H26ClN7O5. The van der Waals surface area contributed by atoms with E-state index in [0.717, 1.165) is 11.3 Å². The number of nitrogens with zero attached hydrogens (tertiary/aromatic N) is 5. The third-order valence-corrected chi connectivity index (χ3v) is 5.67. The first-order valence-electron chi connectivity index (χ1n) is 11.3. The number of carbonyl (C=O) groups is 1. The van der Waals surface area contributed by atoms with Crippen LogP contribution in [0.1, 0.15) is 11.1 Å². The summed E-state index contributed by atoms with van der Waals surface area (Å²) in [6, 6.07) is 10.6. The zero-order valence-corrected chi connectivity index (χ0v) is 21.0. The quantitative estimate of drug-likeness (QED) is 0.264. The maximum absolute atomic E-state index is 10.8. The second kappa shape index (κ2) is 12.2. The zero-order chi connectivity index (χ0) is 26.2. The van der Waals surface area contributed by atoms with Gasteiger partial charge in [0.1, 0.15) is 0 Å². The lowest BCUT2D eigenvalue weighted by atomic mass is 10.2. The molecule has 2 heterocycles. The van der Waals surface area contributed by atoms with Gasteiger partial charge in [-0.1, -0.05) is 17.7 Å². The SMILES string of the molecule is COc1cc(/C=N\Nc2nc(Nc3ccc(C)c(Cl)c3)nc(N3CCOCC3)n2)ccc1OCC(=O)O. The second-order valence-corrected chi connectivity index (χ2v) is 8.34. The molecule has 0 bridgehead atoms. The van der Waals surface area contributed by atoms with Gasteiger partial charge in [-0.05, 0) is 48.4 Å². The first-order valence-corrected chi connectivity index (χ1v) is 11.7. The van der Waals surface area contributed by atoms with Crippen molar-refractivity contribution in [3.63, 3.8) is 0 Å². The van der Waals surface area contributed by atoms with E-state index in [9.17, 15) is 4.79 Å². The van der Waals surface area contributed by atoms with Gasteiger partial charge in [0.25, 0.3) is 0 Å². The number of halogens is 1. The highest BCUT2D eigenvalue weighted by molar-refractivity contribution is 6.31. The number of carboxylic acid groups (broad SMARTS) is 1. The van der Waals surface area contributed by atoms with Crippen molar-refractivity contribution in [2.24, 2.45) is 5.10 Å². The van der Waals surface area contributed by atoms with Crippen LogP contribution in [0.4, 0.5) is 23.5 Å². The number of aryl methyl sites for hydroxylation is 1. The van der Waals surface area contributed by atoms with E-state index >= 15 is 0 Å². The molecular weight excluding hydrogens is 502 g/mol. The fourth-order valence-corrected chi connectivity index (χ4v) is 3.54. The van der Waals surface area contributed by atoms with Crippen LogP contribution in [0.3, 0.4) is 0 Å². The van der Waals surface area contributed by atoms with E-state index in [1.54, 1.807) is 30.5 Å². The molecule has 4 rings (SSSR count). The highest BCUT2D eigenvalue weighted by Crippen LogP contribution is 2.28. The Morgan fingerprint density at radius 1 is 1.16 bits per heavy atom. The Morgan fingerprint density at radius 3 is 2.68 bits per heavy atom. The minimum Gasteiger partial charge on any atom is -0.493 e. The Hall–Kier alpha value is -4.16. The van der Waals surface area contributed by atoms with Gasteiger partial charge in [0.15, 0.2) is 18.1 Å². The number of methoxy groups -OCH3 is 1. The van der Waals surface area contributed by atoms with Crippen molar-refractivity contribution in [1.29, 1.82) is 0 Å². The first kappa shape index (κ1) is 25.9. The number of nitrogens with one attached hydrogen (secondary N) is 2. The summed E-state index contributed by atoms with van der Waals surface area (Å²) in [6.45, 7) is 3.92. The number of hydrogen-bond acceptors (Lipinski definition) is 11. The van der Waals surface area contributed by atoms with Crippen LogP contribution in [0, 0.1) is 6.92 Å². The van der Waals surface area contributed by atoms with Gasteiger partial charge in [-0.2, -0.15) is 20.1 Å². The lowest BCUT2D eigenvalue weighted by molar-refractivity contribution is -0.139. The van der Waals surface area contributed by atoms with Crippen molar-refractivity contribution in [2.75, 3.05) is 55.7 Å². The molecule has 0 atom stereocenters. The third-order valence-electron chi connectivity index (χ3n) is 5.26. The predicted molar refractivity (Wildman–Crippen MR) is 140 cm³/mol. The van der Waals surface area contributed by atoms with Gasteiger partial charge in [0, 0.05) is 23.8 Å². The summed E-state index contributed by atoms with van der Waals surface area (Å²) >= 11 is 6.26.